The number of allylic oxidation sites excluding steroid dienone is 1. The second-order valence-electron chi connectivity index (χ2n) is 7.28. The molecule has 2 aliphatic carbocycles. The summed E-state index contributed by atoms with van der Waals surface area (Å²) in [4.78, 5) is 0. The fraction of sp³-hybridized carbons (Fsp3) is 0.800. The Labute approximate surface area is 118 Å². The van der Waals surface area contributed by atoms with Crippen LogP contribution in [0.3, 0.4) is 0 Å². The predicted molar refractivity (Wildman–Crippen MR) is 84.0 cm³/mol. The lowest BCUT2D eigenvalue weighted by molar-refractivity contribution is 0.0949. The van der Waals surface area contributed by atoms with Crippen LogP contribution in [0.5, 0.6) is 0 Å². The summed E-state index contributed by atoms with van der Waals surface area (Å²) in [6.07, 6.45) is 7.37. The van der Waals surface area contributed by atoms with Crippen molar-refractivity contribution >= 4 is 14.0 Å². The zero-order valence-electron chi connectivity index (χ0n) is 13.3. The fourth-order valence-electron chi connectivity index (χ4n) is 3.27. The van der Waals surface area contributed by atoms with Gasteiger partial charge in [-0.15, -0.1) is 0 Å². The van der Waals surface area contributed by atoms with Crippen LogP contribution in [0.25, 0.3) is 0 Å². The van der Waals surface area contributed by atoms with Gasteiger partial charge in [-0.3, -0.25) is 0 Å². The van der Waals surface area contributed by atoms with Crippen molar-refractivity contribution in [3.8, 4) is 0 Å². The summed E-state index contributed by atoms with van der Waals surface area (Å²) in [5, 5.41) is 6.47. The lowest BCUT2D eigenvalue weighted by Crippen LogP contribution is -2.40. The molecule has 2 atom stereocenters. The molecule has 1 saturated carbocycles. The Bertz CT molecular complexity index is 409. The van der Waals surface area contributed by atoms with Gasteiger partial charge in [-0.05, 0) is 51.4 Å². The van der Waals surface area contributed by atoms with Gasteiger partial charge >= 0.3 is 0 Å². The molecular weight excluding hydrogens is 252 g/mol. The Hall–Kier alpha value is -0.613. The van der Waals surface area contributed by atoms with Gasteiger partial charge in [-0.25, -0.2) is 0 Å². The molecule has 0 spiro atoms. The number of fused-ring (bicyclic) bond motifs is 1. The highest BCUT2D eigenvalue weighted by Crippen LogP contribution is 2.50. The van der Waals surface area contributed by atoms with E-state index in [9.17, 15) is 0 Å². The molecular formula is C15H28N2OSi. The Balaban J connectivity index is 2.19. The summed E-state index contributed by atoms with van der Waals surface area (Å²) in [6.45, 7) is 9.27. The standard InChI is InChI=1S/C15H28N2OSi/c1-15-10-9-13(16-17(2)3)11-12(15)7-8-14(15)18-19(4,5)6/h11,14H,7-10H2,1-6H3/b16-13-/t14-,15-/m0/s1. The van der Waals surface area contributed by atoms with Gasteiger partial charge in [-0.2, -0.15) is 5.10 Å². The number of nitrogens with zero attached hydrogens (tertiary/aromatic N) is 2. The number of rotatable bonds is 3. The molecule has 0 N–H and O–H groups in total. The molecule has 0 radical (unpaired) electrons. The van der Waals surface area contributed by atoms with Crippen molar-refractivity contribution in [2.45, 2.75) is 58.4 Å². The first-order valence-electron chi connectivity index (χ1n) is 7.34. The normalized spacial score (nSPS) is 33.3. The Morgan fingerprint density at radius 1 is 1.32 bits per heavy atom. The van der Waals surface area contributed by atoms with Crippen LogP contribution >= 0.6 is 0 Å². The molecule has 0 aromatic heterocycles. The van der Waals surface area contributed by atoms with E-state index in [1.54, 1.807) is 5.57 Å². The lowest BCUT2D eigenvalue weighted by atomic mass is 9.74. The molecule has 0 heterocycles. The minimum atomic E-state index is -1.45. The second-order valence-corrected chi connectivity index (χ2v) is 11.7. The highest BCUT2D eigenvalue weighted by atomic mass is 28.4. The SMILES string of the molecule is CN(C)/N=C1\C=C2CC[C@H](O[Si](C)(C)C)[C@@]2(C)CC1. The summed E-state index contributed by atoms with van der Waals surface area (Å²) in [7, 11) is 2.53. The van der Waals surface area contributed by atoms with E-state index < -0.39 is 8.32 Å². The van der Waals surface area contributed by atoms with E-state index in [2.05, 4.69) is 37.7 Å². The first-order valence-corrected chi connectivity index (χ1v) is 10.8. The monoisotopic (exact) mass is 280 g/mol. The molecule has 108 valence electrons. The average molecular weight is 280 g/mol. The maximum atomic E-state index is 6.44. The van der Waals surface area contributed by atoms with Crippen LogP contribution < -0.4 is 0 Å². The average Bonchev–Trinajstić information content (AvgIpc) is 2.54. The van der Waals surface area contributed by atoms with E-state index in [0.29, 0.717) is 6.10 Å². The molecule has 0 unspecified atom stereocenters. The molecule has 1 fully saturated rings. The van der Waals surface area contributed by atoms with Gasteiger partial charge in [0.25, 0.3) is 0 Å². The van der Waals surface area contributed by atoms with Crippen molar-refractivity contribution in [2.24, 2.45) is 10.5 Å². The summed E-state index contributed by atoms with van der Waals surface area (Å²) in [6, 6.07) is 0. The van der Waals surface area contributed by atoms with Crippen molar-refractivity contribution in [2.75, 3.05) is 14.1 Å². The molecule has 2 aliphatic rings. The maximum Gasteiger partial charge on any atom is 0.184 e. The van der Waals surface area contributed by atoms with Gasteiger partial charge in [0.05, 0.1) is 11.8 Å². The van der Waals surface area contributed by atoms with Gasteiger partial charge in [-0.1, -0.05) is 12.5 Å². The molecule has 0 aromatic rings. The van der Waals surface area contributed by atoms with Gasteiger partial charge in [0, 0.05) is 19.5 Å². The van der Waals surface area contributed by atoms with Crippen molar-refractivity contribution in [3.05, 3.63) is 11.6 Å². The summed E-state index contributed by atoms with van der Waals surface area (Å²) in [5.41, 5.74) is 3.04. The van der Waals surface area contributed by atoms with Crippen LogP contribution in [0.2, 0.25) is 19.6 Å². The van der Waals surface area contributed by atoms with Crippen LogP contribution in [0, 0.1) is 5.41 Å². The van der Waals surface area contributed by atoms with Gasteiger partial charge in [0.15, 0.2) is 8.32 Å². The van der Waals surface area contributed by atoms with Crippen molar-refractivity contribution < 1.29 is 4.43 Å². The molecule has 4 heteroatoms. The number of hydrogen-bond donors (Lipinski definition) is 0. The first kappa shape index (κ1) is 14.8. The van der Waals surface area contributed by atoms with Crippen LogP contribution in [0.1, 0.15) is 32.6 Å². The van der Waals surface area contributed by atoms with E-state index in [1.807, 2.05) is 19.1 Å². The summed E-state index contributed by atoms with van der Waals surface area (Å²) in [5.74, 6) is 0. The highest BCUT2D eigenvalue weighted by molar-refractivity contribution is 6.69. The molecule has 0 saturated heterocycles. The van der Waals surface area contributed by atoms with Crippen molar-refractivity contribution in [1.29, 1.82) is 0 Å². The molecule has 0 amide bonds. The Kier molecular flexibility index (Phi) is 3.94. The summed E-state index contributed by atoms with van der Waals surface area (Å²) < 4.78 is 6.44. The predicted octanol–water partition coefficient (Wildman–Crippen LogP) is 3.64. The van der Waals surface area contributed by atoms with Crippen molar-refractivity contribution in [1.82, 2.24) is 5.01 Å². The third-order valence-electron chi connectivity index (χ3n) is 4.19. The summed E-state index contributed by atoms with van der Waals surface area (Å²) >= 11 is 0. The maximum absolute atomic E-state index is 6.44. The molecule has 0 bridgehead atoms. The van der Waals surface area contributed by atoms with E-state index in [-0.39, 0.29) is 5.41 Å². The van der Waals surface area contributed by atoms with Crippen LogP contribution in [-0.2, 0) is 4.43 Å². The molecule has 19 heavy (non-hydrogen) atoms. The largest absolute Gasteiger partial charge is 0.414 e. The van der Waals surface area contributed by atoms with Gasteiger partial charge in [0.1, 0.15) is 0 Å². The second kappa shape index (κ2) is 5.06. The van der Waals surface area contributed by atoms with Crippen LogP contribution in [0.4, 0.5) is 0 Å². The fourth-order valence-corrected chi connectivity index (χ4v) is 4.50. The first-order chi connectivity index (χ1) is 8.71. The van der Waals surface area contributed by atoms with E-state index in [4.69, 9.17) is 4.43 Å². The topological polar surface area (TPSA) is 24.8 Å². The van der Waals surface area contributed by atoms with E-state index in [1.165, 1.54) is 25.0 Å². The molecule has 0 aliphatic heterocycles. The van der Waals surface area contributed by atoms with Crippen LogP contribution in [-0.4, -0.2) is 39.2 Å². The lowest BCUT2D eigenvalue weighted by Gasteiger charge is -2.39. The van der Waals surface area contributed by atoms with Crippen LogP contribution in [0.15, 0.2) is 16.8 Å². The van der Waals surface area contributed by atoms with Gasteiger partial charge < -0.3 is 9.43 Å². The number of hydrazone groups is 1. The quantitative estimate of drug-likeness (QED) is 0.582. The van der Waals surface area contributed by atoms with Crippen molar-refractivity contribution in [3.63, 3.8) is 0 Å². The minimum absolute atomic E-state index is 0.256. The zero-order chi connectivity index (χ0) is 14.3. The number of hydrogen-bond acceptors (Lipinski definition) is 3. The zero-order valence-corrected chi connectivity index (χ0v) is 14.3. The third-order valence-corrected chi connectivity index (χ3v) is 5.18. The van der Waals surface area contributed by atoms with E-state index >= 15 is 0 Å². The Morgan fingerprint density at radius 2 is 2.00 bits per heavy atom. The molecule has 2 rings (SSSR count). The third kappa shape index (κ3) is 3.29. The van der Waals surface area contributed by atoms with Gasteiger partial charge in [0.2, 0.25) is 0 Å². The molecule has 3 nitrogen and oxygen atoms in total. The van der Waals surface area contributed by atoms with E-state index in [0.717, 1.165) is 6.42 Å². The molecule has 0 aromatic carbocycles. The highest BCUT2D eigenvalue weighted by Gasteiger charge is 2.46. The Morgan fingerprint density at radius 3 is 2.58 bits per heavy atom. The smallest absolute Gasteiger partial charge is 0.184 e. The minimum Gasteiger partial charge on any atom is -0.414 e.